The van der Waals surface area contributed by atoms with Crippen LogP contribution in [0.15, 0.2) is 11.6 Å². The van der Waals surface area contributed by atoms with E-state index in [1.54, 1.807) is 6.92 Å². The standard InChI is InChI=1S/C24H32O8/c1-13(25)29-11-18(31-14(2)26)21(3)6-5-16-15(10-21)9-17-19-22(4,20(27)32-17)24(28)8-7-23(16,19)12-30-24/h9,16-19,28H,5-8,10-12H2,1-4H3/t16-,17-,18+,19+,21-,22+,23+,24+/m1/s1. The summed E-state index contributed by atoms with van der Waals surface area (Å²) >= 11 is 0. The average Bonchev–Trinajstić information content (AvgIpc) is 2.99. The molecule has 3 saturated heterocycles. The quantitative estimate of drug-likeness (QED) is 0.396. The molecule has 5 fully saturated rings. The van der Waals surface area contributed by atoms with Gasteiger partial charge in [0.15, 0.2) is 5.79 Å². The van der Waals surface area contributed by atoms with Crippen molar-refractivity contribution < 1.29 is 38.4 Å². The molecule has 0 amide bonds. The number of allylic oxidation sites excluding steroid dienone is 1. The second kappa shape index (κ2) is 6.79. The first kappa shape index (κ1) is 21.9. The highest BCUT2D eigenvalue weighted by molar-refractivity contribution is 5.82. The highest BCUT2D eigenvalue weighted by Crippen LogP contribution is 2.72. The van der Waals surface area contributed by atoms with E-state index < -0.39 is 40.8 Å². The van der Waals surface area contributed by atoms with E-state index in [1.165, 1.54) is 19.4 Å². The first-order valence-electron chi connectivity index (χ1n) is 11.5. The number of carbonyl (C=O) groups is 3. The summed E-state index contributed by atoms with van der Waals surface area (Å²) < 4.78 is 22.7. The Bertz CT molecular complexity index is 900. The van der Waals surface area contributed by atoms with Crippen molar-refractivity contribution in [2.45, 2.75) is 77.8 Å². The third-order valence-electron chi connectivity index (χ3n) is 9.21. The van der Waals surface area contributed by atoms with E-state index >= 15 is 0 Å². The van der Waals surface area contributed by atoms with Crippen molar-refractivity contribution >= 4 is 17.9 Å². The Labute approximate surface area is 187 Å². The molecule has 1 N–H and O–H groups in total. The van der Waals surface area contributed by atoms with Gasteiger partial charge in [0.25, 0.3) is 0 Å². The Hall–Kier alpha value is -1.93. The molecule has 8 nitrogen and oxygen atoms in total. The van der Waals surface area contributed by atoms with E-state index in [0.29, 0.717) is 19.4 Å². The largest absolute Gasteiger partial charge is 0.462 e. The minimum Gasteiger partial charge on any atom is -0.462 e. The van der Waals surface area contributed by atoms with Crippen molar-refractivity contribution in [3.63, 3.8) is 0 Å². The van der Waals surface area contributed by atoms with Crippen LogP contribution >= 0.6 is 0 Å². The van der Waals surface area contributed by atoms with Crippen LogP contribution in [-0.4, -0.2) is 54.2 Å². The van der Waals surface area contributed by atoms with Crippen molar-refractivity contribution in [3.05, 3.63) is 11.6 Å². The number of fused-ring (bicyclic) bond motifs is 3. The molecule has 8 heteroatoms. The van der Waals surface area contributed by atoms with Gasteiger partial charge in [-0.2, -0.15) is 0 Å². The van der Waals surface area contributed by atoms with E-state index in [9.17, 15) is 19.5 Å². The summed E-state index contributed by atoms with van der Waals surface area (Å²) in [6.07, 6.45) is 4.61. The molecular formula is C24H32O8. The SMILES string of the molecule is CC(=O)OC[C@H](OC(C)=O)[C@]1(C)CC[C@@H]2C(=C[C@H]3OC(=O)[C@]4(C)[C@H]3[C@]23CC[C@]4(O)OC3)C1. The molecule has 176 valence electrons. The lowest BCUT2D eigenvalue weighted by Gasteiger charge is -2.66. The fraction of sp³-hybridized carbons (Fsp3) is 0.792. The molecule has 8 atom stereocenters. The fourth-order valence-electron chi connectivity index (χ4n) is 7.58. The van der Waals surface area contributed by atoms with Gasteiger partial charge in [0.2, 0.25) is 0 Å². The van der Waals surface area contributed by atoms with Crippen molar-refractivity contribution in [2.24, 2.45) is 28.1 Å². The van der Waals surface area contributed by atoms with Crippen molar-refractivity contribution in [2.75, 3.05) is 13.2 Å². The van der Waals surface area contributed by atoms with E-state index in [4.69, 9.17) is 18.9 Å². The molecule has 3 aliphatic carbocycles. The summed E-state index contributed by atoms with van der Waals surface area (Å²) in [7, 11) is 0. The predicted molar refractivity (Wildman–Crippen MR) is 110 cm³/mol. The first-order chi connectivity index (χ1) is 15.0. The maximum atomic E-state index is 13.0. The Morgan fingerprint density at radius 3 is 2.59 bits per heavy atom. The summed E-state index contributed by atoms with van der Waals surface area (Å²) in [5, 5.41) is 11.2. The summed E-state index contributed by atoms with van der Waals surface area (Å²) in [4.78, 5) is 36.2. The van der Waals surface area contributed by atoms with Gasteiger partial charge in [-0.3, -0.25) is 14.4 Å². The molecule has 0 unspecified atom stereocenters. The van der Waals surface area contributed by atoms with E-state index in [-0.39, 0.29) is 29.8 Å². The molecule has 2 saturated carbocycles. The van der Waals surface area contributed by atoms with Gasteiger partial charge in [0.1, 0.15) is 24.2 Å². The number of aliphatic hydroxyl groups is 1. The van der Waals surface area contributed by atoms with E-state index in [0.717, 1.165) is 19.3 Å². The van der Waals surface area contributed by atoms with Gasteiger partial charge in [-0.05, 0) is 44.6 Å². The molecule has 0 radical (unpaired) electrons. The predicted octanol–water partition coefficient (Wildman–Crippen LogP) is 2.27. The first-order valence-corrected chi connectivity index (χ1v) is 11.5. The zero-order valence-electron chi connectivity index (χ0n) is 19.1. The third kappa shape index (κ3) is 2.71. The van der Waals surface area contributed by atoms with Crippen LogP contribution in [0.4, 0.5) is 0 Å². The van der Waals surface area contributed by atoms with Gasteiger partial charge in [-0.15, -0.1) is 0 Å². The Morgan fingerprint density at radius 2 is 1.97 bits per heavy atom. The van der Waals surface area contributed by atoms with Crippen LogP contribution in [0.2, 0.25) is 0 Å². The van der Waals surface area contributed by atoms with Gasteiger partial charge < -0.3 is 24.1 Å². The molecule has 6 rings (SSSR count). The number of rotatable bonds is 4. The minimum absolute atomic E-state index is 0.0176. The Morgan fingerprint density at radius 1 is 1.22 bits per heavy atom. The number of carbonyl (C=O) groups excluding carboxylic acids is 3. The molecular weight excluding hydrogens is 416 g/mol. The van der Waals surface area contributed by atoms with Crippen LogP contribution in [0, 0.1) is 28.1 Å². The third-order valence-corrected chi connectivity index (χ3v) is 9.21. The number of ether oxygens (including phenoxy) is 4. The van der Waals surface area contributed by atoms with Gasteiger partial charge in [0, 0.05) is 37.0 Å². The normalized spacial score (nSPS) is 47.0. The zero-order chi connectivity index (χ0) is 23.1. The van der Waals surface area contributed by atoms with Crippen LogP contribution in [0.1, 0.15) is 59.8 Å². The highest BCUT2D eigenvalue weighted by Gasteiger charge is 2.78. The summed E-state index contributed by atoms with van der Waals surface area (Å²) in [6.45, 7) is 6.99. The minimum atomic E-state index is -1.47. The van der Waals surface area contributed by atoms with Crippen LogP contribution in [0.5, 0.6) is 0 Å². The highest BCUT2D eigenvalue weighted by atomic mass is 16.6. The molecule has 0 aromatic heterocycles. The lowest BCUT2D eigenvalue weighted by molar-refractivity contribution is -0.367. The molecule has 3 aliphatic heterocycles. The smallest absolute Gasteiger partial charge is 0.318 e. The Balaban J connectivity index is 1.49. The lowest BCUT2D eigenvalue weighted by atomic mass is 9.42. The summed E-state index contributed by atoms with van der Waals surface area (Å²) in [5.41, 5.74) is -0.544. The van der Waals surface area contributed by atoms with Gasteiger partial charge in [-0.1, -0.05) is 12.5 Å². The lowest BCUT2D eigenvalue weighted by Crippen LogP contribution is -2.71. The van der Waals surface area contributed by atoms with Crippen LogP contribution in [0.25, 0.3) is 0 Å². The van der Waals surface area contributed by atoms with Crippen molar-refractivity contribution in [3.8, 4) is 0 Å². The summed E-state index contributed by atoms with van der Waals surface area (Å²) in [5.74, 6) is -2.58. The van der Waals surface area contributed by atoms with Crippen molar-refractivity contribution in [1.82, 2.24) is 0 Å². The fourth-order valence-corrected chi connectivity index (χ4v) is 7.58. The molecule has 0 aromatic rings. The average molecular weight is 449 g/mol. The van der Waals surface area contributed by atoms with Gasteiger partial charge in [0.05, 0.1) is 6.61 Å². The molecule has 2 bridgehead atoms. The second-order valence-corrected chi connectivity index (χ2v) is 10.9. The number of esters is 3. The van der Waals surface area contributed by atoms with Crippen LogP contribution in [-0.2, 0) is 33.3 Å². The number of hydrogen-bond donors (Lipinski definition) is 1. The maximum absolute atomic E-state index is 13.0. The summed E-state index contributed by atoms with van der Waals surface area (Å²) in [6, 6.07) is 0. The van der Waals surface area contributed by atoms with Gasteiger partial charge in [-0.25, -0.2) is 0 Å². The Kier molecular flexibility index (Phi) is 4.65. The molecule has 0 aromatic carbocycles. The molecule has 6 aliphatic rings. The maximum Gasteiger partial charge on any atom is 0.318 e. The monoisotopic (exact) mass is 448 g/mol. The van der Waals surface area contributed by atoms with Crippen LogP contribution in [0.3, 0.4) is 0 Å². The van der Waals surface area contributed by atoms with Gasteiger partial charge >= 0.3 is 17.9 Å². The van der Waals surface area contributed by atoms with Crippen molar-refractivity contribution in [1.29, 1.82) is 0 Å². The molecule has 32 heavy (non-hydrogen) atoms. The number of hydrogen-bond acceptors (Lipinski definition) is 8. The van der Waals surface area contributed by atoms with Crippen LogP contribution < -0.4 is 0 Å². The van der Waals surface area contributed by atoms with E-state index in [2.05, 4.69) is 13.0 Å². The van der Waals surface area contributed by atoms with E-state index in [1.807, 2.05) is 0 Å². The zero-order valence-corrected chi connectivity index (χ0v) is 19.1. The second-order valence-electron chi connectivity index (χ2n) is 10.9. The molecule has 3 heterocycles. The molecule has 1 spiro atoms. The topological polar surface area (TPSA) is 108 Å².